The van der Waals surface area contributed by atoms with Crippen LogP contribution in [0.1, 0.15) is 38.4 Å². The predicted molar refractivity (Wildman–Crippen MR) is 85.9 cm³/mol. The first-order chi connectivity index (χ1) is 9.98. The minimum Gasteiger partial charge on any atom is -0.334 e. The Labute approximate surface area is 137 Å². The van der Waals surface area contributed by atoms with Crippen molar-refractivity contribution in [2.75, 3.05) is 0 Å². The molecule has 112 valence electrons. The number of hydrogen-bond acceptors (Lipinski definition) is 4. The van der Waals surface area contributed by atoms with E-state index in [1.807, 2.05) is 6.07 Å². The highest BCUT2D eigenvalue weighted by atomic mass is 79.9. The minimum atomic E-state index is -0.473. The smallest absolute Gasteiger partial charge is 0.259 e. The SMILES string of the molecule is CC1CCC(N)(c2noc(-c3cc(Cl)ccc3Br)n2)CC1. The highest BCUT2D eigenvalue weighted by molar-refractivity contribution is 9.10. The minimum absolute atomic E-state index is 0.447. The van der Waals surface area contributed by atoms with Gasteiger partial charge in [0.2, 0.25) is 0 Å². The van der Waals surface area contributed by atoms with Gasteiger partial charge in [-0.2, -0.15) is 4.98 Å². The number of rotatable bonds is 2. The molecule has 21 heavy (non-hydrogen) atoms. The summed E-state index contributed by atoms with van der Waals surface area (Å²) in [5.41, 5.74) is 6.79. The number of hydrogen-bond donors (Lipinski definition) is 1. The van der Waals surface area contributed by atoms with Gasteiger partial charge in [0, 0.05) is 9.50 Å². The quantitative estimate of drug-likeness (QED) is 0.844. The van der Waals surface area contributed by atoms with Crippen LogP contribution in [0.15, 0.2) is 27.2 Å². The Hall–Kier alpha value is -0.910. The molecule has 2 aromatic rings. The van der Waals surface area contributed by atoms with Crippen LogP contribution in [0.4, 0.5) is 0 Å². The molecule has 1 aliphatic rings. The van der Waals surface area contributed by atoms with Crippen molar-refractivity contribution in [3.05, 3.63) is 33.5 Å². The van der Waals surface area contributed by atoms with Crippen LogP contribution >= 0.6 is 27.5 Å². The van der Waals surface area contributed by atoms with Gasteiger partial charge >= 0.3 is 0 Å². The molecule has 0 saturated heterocycles. The van der Waals surface area contributed by atoms with Crippen LogP contribution in [-0.2, 0) is 5.54 Å². The molecule has 4 nitrogen and oxygen atoms in total. The van der Waals surface area contributed by atoms with E-state index in [2.05, 4.69) is 33.0 Å². The number of benzene rings is 1. The predicted octanol–water partition coefficient (Wildman–Crippen LogP) is 4.52. The second kappa shape index (κ2) is 5.71. The summed E-state index contributed by atoms with van der Waals surface area (Å²) < 4.78 is 6.27. The average Bonchev–Trinajstić information content (AvgIpc) is 2.95. The van der Waals surface area contributed by atoms with E-state index in [9.17, 15) is 0 Å². The molecule has 0 spiro atoms. The maximum atomic E-state index is 6.48. The van der Waals surface area contributed by atoms with Crippen LogP contribution in [0.25, 0.3) is 11.5 Å². The molecule has 0 amide bonds. The van der Waals surface area contributed by atoms with Crippen LogP contribution in [0.5, 0.6) is 0 Å². The van der Waals surface area contributed by atoms with Crippen LogP contribution in [-0.4, -0.2) is 10.1 Å². The second-order valence-corrected chi connectivity index (χ2v) is 7.18. The van der Waals surface area contributed by atoms with Crippen molar-refractivity contribution < 1.29 is 4.52 Å². The van der Waals surface area contributed by atoms with Gasteiger partial charge in [-0.15, -0.1) is 0 Å². The Morgan fingerprint density at radius 2 is 2.10 bits per heavy atom. The summed E-state index contributed by atoms with van der Waals surface area (Å²) in [5.74, 6) is 1.76. The zero-order valence-electron chi connectivity index (χ0n) is 11.8. The standard InChI is InChI=1S/C15H17BrClN3O/c1-9-4-6-15(18,7-5-9)14-19-13(21-20-14)11-8-10(17)2-3-12(11)16/h2-3,8-9H,4-7,18H2,1H3. The van der Waals surface area contributed by atoms with E-state index < -0.39 is 5.54 Å². The number of nitrogens with zero attached hydrogens (tertiary/aromatic N) is 2. The molecule has 0 bridgehead atoms. The summed E-state index contributed by atoms with van der Waals surface area (Å²) in [6, 6.07) is 5.47. The lowest BCUT2D eigenvalue weighted by atomic mass is 9.77. The molecule has 6 heteroatoms. The summed E-state index contributed by atoms with van der Waals surface area (Å²) in [6.07, 6.45) is 3.98. The van der Waals surface area contributed by atoms with Crippen LogP contribution in [0.3, 0.4) is 0 Å². The molecule has 0 radical (unpaired) electrons. The van der Waals surface area contributed by atoms with E-state index in [0.717, 1.165) is 41.6 Å². The van der Waals surface area contributed by atoms with E-state index in [1.54, 1.807) is 12.1 Å². The molecule has 0 atom stereocenters. The molecular weight excluding hydrogens is 354 g/mol. The first kappa shape index (κ1) is 15.0. The van der Waals surface area contributed by atoms with Gasteiger partial charge in [-0.1, -0.05) is 23.7 Å². The summed E-state index contributed by atoms with van der Waals surface area (Å²) >= 11 is 9.51. The number of nitrogens with two attached hydrogens (primary N) is 1. The highest BCUT2D eigenvalue weighted by Gasteiger charge is 2.36. The molecule has 2 N–H and O–H groups in total. The Balaban J connectivity index is 1.91. The zero-order chi connectivity index (χ0) is 15.0. The Kier molecular flexibility index (Phi) is 4.08. The molecule has 1 aliphatic carbocycles. The Morgan fingerprint density at radius 1 is 1.38 bits per heavy atom. The summed E-state index contributed by atoms with van der Waals surface area (Å²) in [4.78, 5) is 4.51. The third-order valence-corrected chi connectivity index (χ3v) is 5.12. The Bertz CT molecular complexity index is 650. The first-order valence-electron chi connectivity index (χ1n) is 7.06. The lowest BCUT2D eigenvalue weighted by Gasteiger charge is -2.33. The van der Waals surface area contributed by atoms with Crippen LogP contribution in [0, 0.1) is 5.92 Å². The van der Waals surface area contributed by atoms with Gasteiger partial charge in [0.25, 0.3) is 5.89 Å². The fourth-order valence-electron chi connectivity index (χ4n) is 2.70. The van der Waals surface area contributed by atoms with Crippen molar-refractivity contribution in [1.29, 1.82) is 0 Å². The largest absolute Gasteiger partial charge is 0.334 e. The van der Waals surface area contributed by atoms with E-state index in [1.165, 1.54) is 0 Å². The molecule has 0 unspecified atom stereocenters. The second-order valence-electron chi connectivity index (χ2n) is 5.89. The molecule has 0 aliphatic heterocycles. The van der Waals surface area contributed by atoms with Gasteiger partial charge in [0.05, 0.1) is 11.1 Å². The van der Waals surface area contributed by atoms with E-state index >= 15 is 0 Å². The van der Waals surface area contributed by atoms with Crippen molar-refractivity contribution in [2.45, 2.75) is 38.1 Å². The van der Waals surface area contributed by atoms with Crippen molar-refractivity contribution in [2.24, 2.45) is 11.7 Å². The Morgan fingerprint density at radius 3 is 2.81 bits per heavy atom. The van der Waals surface area contributed by atoms with Gasteiger partial charge in [-0.05, 0) is 65.7 Å². The van der Waals surface area contributed by atoms with Crippen LogP contribution < -0.4 is 5.73 Å². The molecule has 1 saturated carbocycles. The maximum Gasteiger partial charge on any atom is 0.259 e. The van der Waals surface area contributed by atoms with Crippen molar-refractivity contribution in [3.8, 4) is 11.5 Å². The summed E-state index contributed by atoms with van der Waals surface area (Å²) in [6.45, 7) is 2.25. The van der Waals surface area contributed by atoms with Gasteiger partial charge in [0.15, 0.2) is 5.82 Å². The van der Waals surface area contributed by atoms with E-state index in [4.69, 9.17) is 21.9 Å². The molecule has 1 aromatic heterocycles. The van der Waals surface area contributed by atoms with Gasteiger partial charge in [-0.3, -0.25) is 0 Å². The summed E-state index contributed by atoms with van der Waals surface area (Å²) in [5, 5.41) is 4.74. The topological polar surface area (TPSA) is 64.9 Å². The van der Waals surface area contributed by atoms with Crippen molar-refractivity contribution in [3.63, 3.8) is 0 Å². The van der Waals surface area contributed by atoms with Crippen molar-refractivity contribution >= 4 is 27.5 Å². The molecule has 1 heterocycles. The molecule has 3 rings (SSSR count). The zero-order valence-corrected chi connectivity index (χ0v) is 14.1. The average molecular weight is 371 g/mol. The van der Waals surface area contributed by atoms with Crippen molar-refractivity contribution in [1.82, 2.24) is 10.1 Å². The van der Waals surface area contributed by atoms with Gasteiger partial charge in [0.1, 0.15) is 0 Å². The summed E-state index contributed by atoms with van der Waals surface area (Å²) in [7, 11) is 0. The van der Waals surface area contributed by atoms with Crippen LogP contribution in [0.2, 0.25) is 5.02 Å². The monoisotopic (exact) mass is 369 g/mol. The first-order valence-corrected chi connectivity index (χ1v) is 8.23. The molecular formula is C15H17BrClN3O. The maximum absolute atomic E-state index is 6.48. The fraction of sp³-hybridized carbons (Fsp3) is 0.467. The lowest BCUT2D eigenvalue weighted by molar-refractivity contribution is 0.230. The normalized spacial score (nSPS) is 26.0. The third kappa shape index (κ3) is 3.00. The number of halogens is 2. The number of aromatic nitrogens is 2. The molecule has 1 aromatic carbocycles. The highest BCUT2D eigenvalue weighted by Crippen LogP contribution is 2.37. The fourth-order valence-corrected chi connectivity index (χ4v) is 3.29. The van der Waals surface area contributed by atoms with E-state index in [0.29, 0.717) is 16.7 Å². The lowest BCUT2D eigenvalue weighted by Crippen LogP contribution is -2.41. The third-order valence-electron chi connectivity index (χ3n) is 4.20. The van der Waals surface area contributed by atoms with E-state index in [-0.39, 0.29) is 0 Å². The van der Waals surface area contributed by atoms with Gasteiger partial charge in [-0.25, -0.2) is 0 Å². The molecule has 1 fully saturated rings. The van der Waals surface area contributed by atoms with Gasteiger partial charge < -0.3 is 10.3 Å².